The van der Waals surface area contributed by atoms with Crippen molar-refractivity contribution in [3.8, 4) is 17.6 Å². The zero-order chi connectivity index (χ0) is 15.4. The number of ether oxygens (including phenoxy) is 2. The van der Waals surface area contributed by atoms with Crippen LogP contribution < -0.4 is 14.8 Å². The van der Waals surface area contributed by atoms with Gasteiger partial charge in [0.05, 0.1) is 36.6 Å². The zero-order valence-corrected chi connectivity index (χ0v) is 12.8. The van der Waals surface area contributed by atoms with Crippen LogP contribution in [-0.2, 0) is 0 Å². The molecule has 0 radical (unpaired) electrons. The topological polar surface area (TPSA) is 54.3 Å². The molecule has 4 nitrogen and oxygen atoms in total. The molecular weight excluding hydrogens is 288 g/mol. The third-order valence-electron chi connectivity index (χ3n) is 3.10. The number of hydrogen-bond donors (Lipinski definition) is 1. The van der Waals surface area contributed by atoms with Crippen molar-refractivity contribution < 1.29 is 9.47 Å². The van der Waals surface area contributed by atoms with Gasteiger partial charge in [0.2, 0.25) is 0 Å². The van der Waals surface area contributed by atoms with Crippen molar-refractivity contribution >= 4 is 23.0 Å². The van der Waals surface area contributed by atoms with E-state index in [0.717, 1.165) is 16.9 Å². The zero-order valence-electron chi connectivity index (χ0n) is 12.0. The minimum absolute atomic E-state index is 0.492. The summed E-state index contributed by atoms with van der Waals surface area (Å²) in [7, 11) is 3.13. The fourth-order valence-electron chi connectivity index (χ4n) is 1.98. The van der Waals surface area contributed by atoms with Crippen LogP contribution in [0.25, 0.3) is 0 Å². The van der Waals surface area contributed by atoms with Crippen LogP contribution in [0.5, 0.6) is 11.5 Å². The van der Waals surface area contributed by atoms with Gasteiger partial charge in [-0.05, 0) is 36.8 Å². The molecule has 0 bridgehead atoms. The number of halogens is 1. The lowest BCUT2D eigenvalue weighted by Crippen LogP contribution is -1.97. The first kappa shape index (κ1) is 15.0. The Morgan fingerprint density at radius 2 is 1.81 bits per heavy atom. The highest BCUT2D eigenvalue weighted by Gasteiger charge is 2.10. The van der Waals surface area contributed by atoms with E-state index in [2.05, 4.69) is 11.4 Å². The molecule has 21 heavy (non-hydrogen) atoms. The summed E-state index contributed by atoms with van der Waals surface area (Å²) in [6.07, 6.45) is 0. The second-order valence-electron chi connectivity index (χ2n) is 4.45. The molecule has 0 heterocycles. The molecule has 0 aliphatic heterocycles. The highest BCUT2D eigenvalue weighted by molar-refractivity contribution is 6.32. The fourth-order valence-corrected chi connectivity index (χ4v) is 2.22. The van der Waals surface area contributed by atoms with Crippen LogP contribution in [0.4, 0.5) is 11.4 Å². The summed E-state index contributed by atoms with van der Waals surface area (Å²) < 4.78 is 10.5. The van der Waals surface area contributed by atoms with E-state index in [0.29, 0.717) is 22.1 Å². The van der Waals surface area contributed by atoms with Crippen molar-refractivity contribution in [2.24, 2.45) is 0 Å². The Morgan fingerprint density at radius 1 is 1.10 bits per heavy atom. The van der Waals surface area contributed by atoms with Gasteiger partial charge in [-0.3, -0.25) is 0 Å². The van der Waals surface area contributed by atoms with Crippen molar-refractivity contribution in [2.45, 2.75) is 6.92 Å². The Labute approximate surface area is 128 Å². The Balaban J connectivity index is 2.37. The average molecular weight is 303 g/mol. The molecule has 108 valence electrons. The van der Waals surface area contributed by atoms with Crippen LogP contribution >= 0.6 is 11.6 Å². The Morgan fingerprint density at radius 3 is 2.38 bits per heavy atom. The lowest BCUT2D eigenvalue weighted by atomic mass is 10.1. The molecule has 0 aliphatic rings. The normalized spacial score (nSPS) is 9.86. The summed E-state index contributed by atoms with van der Waals surface area (Å²) in [6.45, 7) is 1.89. The monoisotopic (exact) mass is 302 g/mol. The molecule has 2 rings (SSSR count). The van der Waals surface area contributed by atoms with Crippen molar-refractivity contribution in [1.82, 2.24) is 0 Å². The molecule has 0 fully saturated rings. The van der Waals surface area contributed by atoms with Crippen LogP contribution in [-0.4, -0.2) is 14.2 Å². The van der Waals surface area contributed by atoms with Gasteiger partial charge in [0.15, 0.2) is 0 Å². The second-order valence-corrected chi connectivity index (χ2v) is 4.86. The quantitative estimate of drug-likeness (QED) is 0.916. The van der Waals surface area contributed by atoms with Crippen LogP contribution in [0.15, 0.2) is 30.3 Å². The van der Waals surface area contributed by atoms with Gasteiger partial charge in [0.1, 0.15) is 11.5 Å². The summed E-state index contributed by atoms with van der Waals surface area (Å²) in [6, 6.07) is 11.1. The molecule has 0 saturated carbocycles. The molecular formula is C16H15ClN2O2. The molecule has 2 aromatic rings. The van der Waals surface area contributed by atoms with Crippen LogP contribution in [0.3, 0.4) is 0 Å². The summed E-state index contributed by atoms with van der Waals surface area (Å²) in [5.41, 5.74) is 3.14. The van der Waals surface area contributed by atoms with Crippen molar-refractivity contribution in [2.75, 3.05) is 19.5 Å². The minimum Gasteiger partial charge on any atom is -0.495 e. The van der Waals surface area contributed by atoms with E-state index in [1.54, 1.807) is 32.4 Å². The van der Waals surface area contributed by atoms with Gasteiger partial charge < -0.3 is 14.8 Å². The van der Waals surface area contributed by atoms with Crippen molar-refractivity contribution in [1.29, 1.82) is 5.26 Å². The highest BCUT2D eigenvalue weighted by Crippen LogP contribution is 2.37. The molecule has 0 atom stereocenters. The first-order valence-corrected chi connectivity index (χ1v) is 6.66. The van der Waals surface area contributed by atoms with E-state index in [-0.39, 0.29) is 0 Å². The summed E-state index contributed by atoms with van der Waals surface area (Å²) in [5, 5.41) is 12.7. The van der Waals surface area contributed by atoms with Crippen LogP contribution in [0.1, 0.15) is 11.1 Å². The molecule has 1 N–H and O–H groups in total. The first-order valence-electron chi connectivity index (χ1n) is 6.28. The second kappa shape index (κ2) is 6.38. The minimum atomic E-state index is 0.492. The van der Waals surface area contributed by atoms with E-state index in [4.69, 9.17) is 26.3 Å². The highest BCUT2D eigenvalue weighted by atomic mass is 35.5. The smallest absolute Gasteiger partial charge is 0.146 e. The molecule has 0 spiro atoms. The molecule has 0 aliphatic carbocycles. The fraction of sp³-hybridized carbons (Fsp3) is 0.188. The van der Waals surface area contributed by atoms with E-state index in [1.807, 2.05) is 19.1 Å². The molecule has 0 aromatic heterocycles. The molecule has 5 heteroatoms. The average Bonchev–Trinajstić information content (AvgIpc) is 2.48. The Bertz CT molecular complexity index is 708. The van der Waals surface area contributed by atoms with E-state index >= 15 is 0 Å². The number of aryl methyl sites for hydroxylation is 1. The standard InChI is InChI=1S/C16H15ClN2O2/c1-10-6-12(5-4-11(10)9-18)19-14-7-13(17)15(20-2)8-16(14)21-3/h4-8,19H,1-3H3. The maximum absolute atomic E-state index is 8.95. The van der Waals surface area contributed by atoms with Gasteiger partial charge in [-0.25, -0.2) is 0 Å². The van der Waals surface area contributed by atoms with Gasteiger partial charge in [0.25, 0.3) is 0 Å². The lowest BCUT2D eigenvalue weighted by molar-refractivity contribution is 0.396. The number of nitriles is 1. The van der Waals surface area contributed by atoms with Gasteiger partial charge in [-0.15, -0.1) is 0 Å². The van der Waals surface area contributed by atoms with Crippen molar-refractivity contribution in [3.63, 3.8) is 0 Å². The predicted octanol–water partition coefficient (Wildman–Crippen LogP) is 4.28. The molecule has 0 unspecified atom stereocenters. The van der Waals surface area contributed by atoms with Crippen molar-refractivity contribution in [3.05, 3.63) is 46.5 Å². The SMILES string of the molecule is COc1cc(OC)c(Nc2ccc(C#N)c(C)c2)cc1Cl. The van der Waals surface area contributed by atoms with E-state index < -0.39 is 0 Å². The molecule has 0 saturated heterocycles. The Hall–Kier alpha value is -2.38. The van der Waals surface area contributed by atoms with Gasteiger partial charge in [0, 0.05) is 11.8 Å². The van der Waals surface area contributed by atoms with E-state index in [9.17, 15) is 0 Å². The number of hydrogen-bond acceptors (Lipinski definition) is 4. The Kier molecular flexibility index (Phi) is 4.56. The largest absolute Gasteiger partial charge is 0.495 e. The third-order valence-corrected chi connectivity index (χ3v) is 3.40. The van der Waals surface area contributed by atoms with E-state index in [1.165, 1.54) is 0 Å². The summed E-state index contributed by atoms with van der Waals surface area (Å²) in [4.78, 5) is 0. The number of rotatable bonds is 4. The maximum Gasteiger partial charge on any atom is 0.146 e. The van der Waals surface area contributed by atoms with Crippen LogP contribution in [0.2, 0.25) is 5.02 Å². The number of anilines is 2. The summed E-state index contributed by atoms with van der Waals surface area (Å²) in [5.74, 6) is 1.17. The number of nitrogens with one attached hydrogen (secondary N) is 1. The summed E-state index contributed by atoms with van der Waals surface area (Å²) >= 11 is 6.14. The number of benzene rings is 2. The lowest BCUT2D eigenvalue weighted by Gasteiger charge is -2.14. The van der Waals surface area contributed by atoms with Crippen LogP contribution in [0, 0.1) is 18.3 Å². The first-order chi connectivity index (χ1) is 10.1. The molecule has 2 aromatic carbocycles. The number of nitrogens with zero attached hydrogens (tertiary/aromatic N) is 1. The van der Waals surface area contributed by atoms with Gasteiger partial charge >= 0.3 is 0 Å². The number of methoxy groups -OCH3 is 2. The predicted molar refractivity (Wildman–Crippen MR) is 83.7 cm³/mol. The third kappa shape index (κ3) is 3.21. The van der Waals surface area contributed by atoms with Gasteiger partial charge in [-0.2, -0.15) is 5.26 Å². The maximum atomic E-state index is 8.95. The molecule has 0 amide bonds. The van der Waals surface area contributed by atoms with Gasteiger partial charge in [-0.1, -0.05) is 11.6 Å².